The Morgan fingerprint density at radius 3 is 2.39 bits per heavy atom. The van der Waals surface area contributed by atoms with Gasteiger partial charge in [0.25, 0.3) is 0 Å². The van der Waals surface area contributed by atoms with Gasteiger partial charge in [-0.2, -0.15) is 5.26 Å². The Morgan fingerprint density at radius 1 is 1.11 bits per heavy atom. The maximum absolute atomic E-state index is 9.49. The third-order valence-corrected chi connectivity index (χ3v) is 5.42. The van der Waals surface area contributed by atoms with Gasteiger partial charge in [-0.3, -0.25) is 4.98 Å². The molecule has 1 heterocycles. The fourth-order valence-corrected chi connectivity index (χ4v) is 3.07. The molecule has 4 unspecified atom stereocenters. The summed E-state index contributed by atoms with van der Waals surface area (Å²) >= 11 is 0. The minimum Gasteiger partial charge on any atom is -0.367 e. The van der Waals surface area contributed by atoms with Crippen LogP contribution in [0.4, 0.5) is 0 Å². The molecular weight excluding hydrogens is 444 g/mol. The fourth-order valence-electron chi connectivity index (χ4n) is 3.07. The molecule has 1 rings (SSSR count). The third kappa shape index (κ3) is 19.8. The molecule has 0 saturated heterocycles. The van der Waals surface area contributed by atoms with Crippen LogP contribution in [0.5, 0.6) is 0 Å². The summed E-state index contributed by atoms with van der Waals surface area (Å²) in [4.78, 5) is 4.17. The molecule has 0 radical (unpaired) electrons. The lowest BCUT2D eigenvalue weighted by molar-refractivity contribution is -0.128. The van der Waals surface area contributed by atoms with Gasteiger partial charge >= 0.3 is 0 Å². The van der Waals surface area contributed by atoms with Gasteiger partial charge in [-0.05, 0) is 55.9 Å². The molecule has 4 nitrogen and oxygen atoms in total. The first-order chi connectivity index (χ1) is 17.5. The summed E-state index contributed by atoms with van der Waals surface area (Å²) < 4.78 is 5.31. The summed E-state index contributed by atoms with van der Waals surface area (Å²) in [6.07, 6.45) is 23.3. The number of pyridine rings is 1. The maximum atomic E-state index is 9.49. The van der Waals surface area contributed by atoms with Crippen LogP contribution in [-0.4, -0.2) is 23.0 Å². The lowest BCUT2D eigenvalue weighted by Crippen LogP contribution is -2.23. The van der Waals surface area contributed by atoms with Crippen LogP contribution in [0.1, 0.15) is 105 Å². The molecular formula is C32H52N2O2. The second-order valence-corrected chi connectivity index (χ2v) is 8.40. The summed E-state index contributed by atoms with van der Waals surface area (Å²) in [5.74, 6) is 0.310. The largest absolute Gasteiger partial charge is 0.367 e. The number of rotatable bonds is 15. The van der Waals surface area contributed by atoms with Crippen LogP contribution in [0, 0.1) is 23.2 Å². The Labute approximate surface area is 222 Å². The van der Waals surface area contributed by atoms with Crippen LogP contribution in [0.25, 0.3) is 0 Å². The molecule has 1 aromatic heterocycles. The average molecular weight is 497 g/mol. The molecule has 1 aromatic rings. The van der Waals surface area contributed by atoms with Gasteiger partial charge in [0.1, 0.15) is 0 Å². The number of nitrogens with zero attached hydrogens (tertiary/aromatic N) is 2. The van der Waals surface area contributed by atoms with Crippen molar-refractivity contribution in [2.24, 2.45) is 11.8 Å². The summed E-state index contributed by atoms with van der Waals surface area (Å²) in [6, 6.07) is 6.05. The second kappa shape index (κ2) is 27.2. The van der Waals surface area contributed by atoms with Crippen LogP contribution in [0.2, 0.25) is 0 Å². The van der Waals surface area contributed by atoms with Crippen molar-refractivity contribution in [3.8, 4) is 6.07 Å². The minimum absolute atomic E-state index is 0.255. The Hall–Kier alpha value is -2.44. The third-order valence-electron chi connectivity index (χ3n) is 5.42. The Bertz CT molecular complexity index is 758. The highest BCUT2D eigenvalue weighted by molar-refractivity contribution is 5.26. The fraction of sp³-hybridized carbons (Fsp3) is 0.594. The first kappa shape index (κ1) is 35.7. The topological polar surface area (TPSA) is 66.1 Å². The Kier molecular flexibility index (Phi) is 26.9. The molecule has 0 bridgehead atoms. The SMILES string of the molecule is CC.CCC=CC(C=C=C/C=C\CC)c1cccnc1.CCCCCC(CC)COC(O)C(C)C#N. The molecule has 0 aliphatic carbocycles. The number of allylic oxidation sites excluding steroid dienone is 5. The highest BCUT2D eigenvalue weighted by Gasteiger charge is 2.16. The smallest absolute Gasteiger partial charge is 0.170 e. The van der Waals surface area contributed by atoms with Gasteiger partial charge in [0.05, 0.1) is 18.6 Å². The van der Waals surface area contributed by atoms with Crippen molar-refractivity contribution in [3.63, 3.8) is 0 Å². The van der Waals surface area contributed by atoms with Gasteiger partial charge in [-0.1, -0.05) is 97.6 Å². The van der Waals surface area contributed by atoms with Crippen molar-refractivity contribution < 1.29 is 9.84 Å². The minimum atomic E-state index is -0.940. The summed E-state index contributed by atoms with van der Waals surface area (Å²) in [7, 11) is 0. The van der Waals surface area contributed by atoms with E-state index in [4.69, 9.17) is 10.00 Å². The van der Waals surface area contributed by atoms with Crippen LogP contribution >= 0.6 is 0 Å². The van der Waals surface area contributed by atoms with E-state index in [1.165, 1.54) is 24.8 Å². The quantitative estimate of drug-likeness (QED) is 0.0865. The van der Waals surface area contributed by atoms with Gasteiger partial charge in [0.15, 0.2) is 6.29 Å². The van der Waals surface area contributed by atoms with Crippen LogP contribution in [0.3, 0.4) is 0 Å². The number of aromatic nitrogens is 1. The predicted octanol–water partition coefficient (Wildman–Crippen LogP) is 8.92. The number of nitriles is 1. The van der Waals surface area contributed by atoms with E-state index < -0.39 is 12.2 Å². The summed E-state index contributed by atoms with van der Waals surface area (Å²) in [5.41, 5.74) is 4.41. The Morgan fingerprint density at radius 2 is 1.83 bits per heavy atom. The van der Waals surface area contributed by atoms with Gasteiger partial charge in [0, 0.05) is 18.3 Å². The molecule has 0 aliphatic heterocycles. The molecule has 0 aliphatic rings. The molecule has 0 fully saturated rings. The monoisotopic (exact) mass is 496 g/mol. The summed E-state index contributed by atoms with van der Waals surface area (Å²) in [6.45, 7) is 14.8. The average Bonchev–Trinajstić information content (AvgIpc) is 2.93. The summed E-state index contributed by atoms with van der Waals surface area (Å²) in [5, 5.41) is 18.1. The van der Waals surface area contributed by atoms with Gasteiger partial charge in [0.2, 0.25) is 0 Å². The van der Waals surface area contributed by atoms with Gasteiger partial charge < -0.3 is 9.84 Å². The van der Waals surface area contributed by atoms with E-state index in [0.717, 1.165) is 25.7 Å². The van der Waals surface area contributed by atoms with Crippen molar-refractivity contribution >= 4 is 0 Å². The van der Waals surface area contributed by atoms with Crippen molar-refractivity contribution in [1.29, 1.82) is 5.26 Å². The van der Waals surface area contributed by atoms with E-state index in [1.54, 1.807) is 13.1 Å². The molecule has 4 atom stereocenters. The number of unbranched alkanes of at least 4 members (excludes halogenated alkanes) is 2. The van der Waals surface area contributed by atoms with E-state index in [2.05, 4.69) is 68.8 Å². The molecule has 0 amide bonds. The standard InChI is InChI=1S/C17H21N.C13H25NO2.C2H6/c1-3-5-7-8-9-12-16(11-6-4-2)17-13-10-14-18-15-17;1-4-6-7-8-12(5-2)10-16-13(15)11(3)9-14;1-2/h5-8,10-16H,3-4H2,1-2H3;11-13,15H,4-8,10H2,1-3H3;1-2H3/b7-5-,11-6?;;. The van der Waals surface area contributed by atoms with Crippen LogP contribution in [0.15, 0.2) is 66.7 Å². The number of hydrogen-bond donors (Lipinski definition) is 1. The van der Waals surface area contributed by atoms with Crippen molar-refractivity contribution in [1.82, 2.24) is 4.98 Å². The van der Waals surface area contributed by atoms with E-state index in [-0.39, 0.29) is 5.92 Å². The van der Waals surface area contributed by atoms with Crippen molar-refractivity contribution in [2.75, 3.05) is 6.61 Å². The first-order valence-corrected chi connectivity index (χ1v) is 13.9. The zero-order chi connectivity index (χ0) is 27.4. The van der Waals surface area contributed by atoms with Crippen LogP contribution in [-0.2, 0) is 4.74 Å². The molecule has 0 aromatic carbocycles. The second-order valence-electron chi connectivity index (χ2n) is 8.40. The highest BCUT2D eigenvalue weighted by Crippen LogP contribution is 2.18. The van der Waals surface area contributed by atoms with E-state index in [0.29, 0.717) is 12.5 Å². The highest BCUT2D eigenvalue weighted by atomic mass is 16.6. The lowest BCUT2D eigenvalue weighted by atomic mass is 9.99. The molecule has 36 heavy (non-hydrogen) atoms. The molecule has 202 valence electrons. The number of hydrogen-bond acceptors (Lipinski definition) is 4. The van der Waals surface area contributed by atoms with Gasteiger partial charge in [-0.25, -0.2) is 0 Å². The number of aliphatic hydroxyl groups is 1. The van der Waals surface area contributed by atoms with Gasteiger partial charge in [-0.15, -0.1) is 5.73 Å². The zero-order valence-corrected chi connectivity index (χ0v) is 24.0. The van der Waals surface area contributed by atoms with E-state index >= 15 is 0 Å². The predicted molar refractivity (Wildman–Crippen MR) is 154 cm³/mol. The van der Waals surface area contributed by atoms with E-state index in [1.807, 2.05) is 44.3 Å². The van der Waals surface area contributed by atoms with Crippen LogP contribution < -0.4 is 0 Å². The normalized spacial score (nSPS) is 13.8. The Balaban J connectivity index is 0. The first-order valence-electron chi connectivity index (χ1n) is 13.9. The van der Waals surface area contributed by atoms with Crippen molar-refractivity contribution in [3.05, 3.63) is 72.3 Å². The number of aliphatic hydroxyl groups excluding tert-OH is 1. The molecule has 4 heteroatoms. The molecule has 0 saturated carbocycles. The maximum Gasteiger partial charge on any atom is 0.170 e. The zero-order valence-electron chi connectivity index (χ0n) is 24.0. The molecule has 0 spiro atoms. The number of ether oxygens (including phenoxy) is 1. The van der Waals surface area contributed by atoms with E-state index in [9.17, 15) is 5.11 Å². The molecule has 1 N–H and O–H groups in total. The lowest BCUT2D eigenvalue weighted by Gasteiger charge is -2.19. The van der Waals surface area contributed by atoms with Crippen molar-refractivity contribution in [2.45, 2.75) is 106 Å².